The van der Waals surface area contributed by atoms with E-state index in [0.29, 0.717) is 11.3 Å². The molecule has 5 nitrogen and oxygen atoms in total. The zero-order chi connectivity index (χ0) is 13.5. The van der Waals surface area contributed by atoms with Crippen LogP contribution in [0.4, 0.5) is 10.1 Å². The summed E-state index contributed by atoms with van der Waals surface area (Å²) in [6.07, 6.45) is -0.158. The van der Waals surface area contributed by atoms with E-state index >= 15 is 0 Å². The van der Waals surface area contributed by atoms with E-state index < -0.39 is 21.1 Å². The first kappa shape index (κ1) is 13.0. The average Bonchev–Trinajstić information content (AvgIpc) is 2.64. The maximum Gasteiger partial charge on any atom is 0.228 e. The van der Waals surface area contributed by atoms with Crippen LogP contribution in [0.3, 0.4) is 0 Å². The largest absolute Gasteiger partial charge is 0.311 e. The predicted molar refractivity (Wildman–Crippen MR) is 65.0 cm³/mol. The molecular weight excluding hydrogens is 259 g/mol. The SMILES string of the molecule is Cc1ccc(F)cc1N1CC(S(N)(=O)=O)CC1=O. The van der Waals surface area contributed by atoms with Crippen molar-refractivity contribution in [3.05, 3.63) is 29.6 Å². The van der Waals surface area contributed by atoms with E-state index in [2.05, 4.69) is 0 Å². The highest BCUT2D eigenvalue weighted by molar-refractivity contribution is 7.89. The number of hydrogen-bond acceptors (Lipinski definition) is 3. The van der Waals surface area contributed by atoms with Gasteiger partial charge in [-0.2, -0.15) is 0 Å². The Bertz CT molecular complexity index is 600. The fourth-order valence-electron chi connectivity index (χ4n) is 2.00. The van der Waals surface area contributed by atoms with Gasteiger partial charge in [-0.25, -0.2) is 17.9 Å². The summed E-state index contributed by atoms with van der Waals surface area (Å²) in [7, 11) is -3.76. The molecule has 1 heterocycles. The molecule has 1 amide bonds. The van der Waals surface area contributed by atoms with Crippen molar-refractivity contribution in [1.29, 1.82) is 0 Å². The highest BCUT2D eigenvalue weighted by atomic mass is 32.2. The van der Waals surface area contributed by atoms with Gasteiger partial charge in [-0.1, -0.05) is 6.07 Å². The summed E-state index contributed by atoms with van der Waals surface area (Å²) in [5.41, 5.74) is 1.10. The summed E-state index contributed by atoms with van der Waals surface area (Å²) in [6, 6.07) is 4.05. The van der Waals surface area contributed by atoms with Crippen LogP contribution in [0.1, 0.15) is 12.0 Å². The molecule has 1 atom stereocenters. The second-order valence-electron chi connectivity index (χ2n) is 4.35. The molecular formula is C11H13FN2O3S. The van der Waals surface area contributed by atoms with Crippen LogP contribution in [0.5, 0.6) is 0 Å². The van der Waals surface area contributed by atoms with Crippen molar-refractivity contribution in [3.63, 3.8) is 0 Å². The monoisotopic (exact) mass is 272 g/mol. The fourth-order valence-corrected chi connectivity index (χ4v) is 2.73. The van der Waals surface area contributed by atoms with Crippen molar-refractivity contribution < 1.29 is 17.6 Å². The van der Waals surface area contributed by atoms with Gasteiger partial charge < -0.3 is 4.90 Å². The second kappa shape index (κ2) is 4.33. The van der Waals surface area contributed by atoms with Gasteiger partial charge in [0.2, 0.25) is 15.9 Å². The first-order valence-electron chi connectivity index (χ1n) is 5.37. The molecule has 1 aliphatic heterocycles. The van der Waals surface area contributed by atoms with E-state index in [0.717, 1.165) is 0 Å². The molecule has 18 heavy (non-hydrogen) atoms. The van der Waals surface area contributed by atoms with E-state index in [9.17, 15) is 17.6 Å². The number of rotatable bonds is 2. The molecule has 7 heteroatoms. The van der Waals surface area contributed by atoms with Gasteiger partial charge in [0.1, 0.15) is 11.1 Å². The molecule has 1 aromatic carbocycles. The Labute approximate surface area is 104 Å². The molecule has 0 saturated carbocycles. The van der Waals surface area contributed by atoms with Crippen LogP contribution in [0.15, 0.2) is 18.2 Å². The van der Waals surface area contributed by atoms with Crippen molar-refractivity contribution in [2.75, 3.05) is 11.4 Å². The lowest BCUT2D eigenvalue weighted by molar-refractivity contribution is -0.117. The van der Waals surface area contributed by atoms with E-state index in [-0.39, 0.29) is 18.9 Å². The van der Waals surface area contributed by atoms with E-state index in [4.69, 9.17) is 5.14 Å². The van der Waals surface area contributed by atoms with Gasteiger partial charge in [0.25, 0.3) is 0 Å². The summed E-state index contributed by atoms with van der Waals surface area (Å²) in [5.74, 6) is -0.829. The second-order valence-corrected chi connectivity index (χ2v) is 6.20. The number of amides is 1. The molecule has 1 aromatic rings. The third-order valence-electron chi connectivity index (χ3n) is 3.02. The van der Waals surface area contributed by atoms with Crippen molar-refractivity contribution in [1.82, 2.24) is 0 Å². The molecule has 98 valence electrons. The molecule has 1 unspecified atom stereocenters. The van der Waals surface area contributed by atoms with Gasteiger partial charge in [-0.05, 0) is 24.6 Å². The Balaban J connectivity index is 2.35. The smallest absolute Gasteiger partial charge is 0.228 e. The van der Waals surface area contributed by atoms with E-state index in [1.54, 1.807) is 13.0 Å². The quantitative estimate of drug-likeness (QED) is 0.852. The number of nitrogens with zero attached hydrogens (tertiary/aromatic N) is 1. The number of sulfonamides is 1. The molecule has 1 aliphatic rings. The van der Waals surface area contributed by atoms with Crippen LogP contribution in [0.25, 0.3) is 0 Å². The first-order chi connectivity index (χ1) is 8.29. The fraction of sp³-hybridized carbons (Fsp3) is 0.364. The molecule has 0 bridgehead atoms. The van der Waals surface area contributed by atoms with E-state index in [1.807, 2.05) is 0 Å². The number of nitrogens with two attached hydrogens (primary N) is 1. The summed E-state index contributed by atoms with van der Waals surface area (Å²) < 4.78 is 35.6. The first-order valence-corrected chi connectivity index (χ1v) is 6.98. The lowest BCUT2D eigenvalue weighted by Crippen LogP contribution is -2.32. The van der Waals surface area contributed by atoms with Gasteiger partial charge in [-0.3, -0.25) is 4.79 Å². The summed E-state index contributed by atoms with van der Waals surface area (Å²) in [6.45, 7) is 1.70. The maximum absolute atomic E-state index is 13.2. The molecule has 1 fully saturated rings. The van der Waals surface area contributed by atoms with Crippen molar-refractivity contribution >= 4 is 21.6 Å². The van der Waals surface area contributed by atoms with Gasteiger partial charge >= 0.3 is 0 Å². The molecule has 1 saturated heterocycles. The third-order valence-corrected chi connectivity index (χ3v) is 4.26. The maximum atomic E-state index is 13.2. The Kier molecular flexibility index (Phi) is 3.12. The Hall–Kier alpha value is -1.47. The van der Waals surface area contributed by atoms with Crippen LogP contribution in [-0.2, 0) is 14.8 Å². The van der Waals surface area contributed by atoms with Gasteiger partial charge in [0.15, 0.2) is 0 Å². The van der Waals surface area contributed by atoms with Crippen LogP contribution in [-0.4, -0.2) is 26.1 Å². The van der Waals surface area contributed by atoms with Crippen LogP contribution in [0, 0.1) is 12.7 Å². The number of carbonyl (C=O) groups excluding carboxylic acids is 1. The van der Waals surface area contributed by atoms with Crippen LogP contribution < -0.4 is 10.0 Å². The Morgan fingerprint density at radius 1 is 1.44 bits per heavy atom. The Morgan fingerprint density at radius 2 is 2.11 bits per heavy atom. The van der Waals surface area contributed by atoms with Gasteiger partial charge in [0, 0.05) is 18.7 Å². The lowest BCUT2D eigenvalue weighted by Gasteiger charge is -2.18. The molecule has 0 aromatic heterocycles. The highest BCUT2D eigenvalue weighted by Crippen LogP contribution is 2.27. The molecule has 2 rings (SSSR count). The molecule has 0 radical (unpaired) electrons. The predicted octanol–water partition coefficient (Wildman–Crippen LogP) is 0.528. The summed E-state index contributed by atoms with van der Waals surface area (Å²) in [4.78, 5) is 13.1. The number of carbonyl (C=O) groups is 1. The lowest BCUT2D eigenvalue weighted by atomic mass is 10.2. The molecule has 0 spiro atoms. The zero-order valence-electron chi connectivity index (χ0n) is 9.76. The molecule has 0 aliphatic carbocycles. The van der Waals surface area contributed by atoms with Gasteiger partial charge in [0.05, 0.1) is 0 Å². The van der Waals surface area contributed by atoms with Gasteiger partial charge in [-0.15, -0.1) is 0 Å². The topological polar surface area (TPSA) is 80.5 Å². The van der Waals surface area contributed by atoms with Crippen LogP contribution in [0.2, 0.25) is 0 Å². The van der Waals surface area contributed by atoms with Crippen molar-refractivity contribution in [3.8, 4) is 0 Å². The minimum atomic E-state index is -3.76. The summed E-state index contributed by atoms with van der Waals surface area (Å²) in [5, 5.41) is 4.11. The summed E-state index contributed by atoms with van der Waals surface area (Å²) >= 11 is 0. The molecule has 2 N–H and O–H groups in total. The number of halogens is 1. The minimum absolute atomic E-state index is 0.0258. The van der Waals surface area contributed by atoms with E-state index in [1.165, 1.54) is 17.0 Å². The highest BCUT2D eigenvalue weighted by Gasteiger charge is 2.37. The average molecular weight is 272 g/mol. The number of anilines is 1. The van der Waals surface area contributed by atoms with Crippen molar-refractivity contribution in [2.24, 2.45) is 5.14 Å². The number of benzene rings is 1. The number of primary sulfonamides is 1. The number of hydrogen-bond donors (Lipinski definition) is 1. The van der Waals surface area contributed by atoms with Crippen molar-refractivity contribution in [2.45, 2.75) is 18.6 Å². The Morgan fingerprint density at radius 3 is 2.67 bits per heavy atom. The zero-order valence-corrected chi connectivity index (χ0v) is 10.6. The minimum Gasteiger partial charge on any atom is -0.311 e. The van der Waals surface area contributed by atoms with Crippen LogP contribution >= 0.6 is 0 Å². The number of aryl methyl sites for hydroxylation is 1. The standard InChI is InChI=1S/C11H13FN2O3S/c1-7-2-3-8(12)4-10(7)14-6-9(5-11(14)15)18(13,16)17/h2-4,9H,5-6H2,1H3,(H2,13,16,17). The third kappa shape index (κ3) is 2.37. The normalized spacial score (nSPS) is 20.5.